The third-order valence-corrected chi connectivity index (χ3v) is 4.70. The number of aliphatic hydroxyl groups is 1. The second kappa shape index (κ2) is 6.83. The third-order valence-electron chi connectivity index (χ3n) is 4.70. The van der Waals surface area contributed by atoms with Crippen LogP contribution in [0.3, 0.4) is 0 Å². The van der Waals surface area contributed by atoms with E-state index in [0.29, 0.717) is 18.1 Å². The van der Waals surface area contributed by atoms with Gasteiger partial charge in [0.1, 0.15) is 5.60 Å². The Morgan fingerprint density at radius 3 is 2.33 bits per heavy atom. The second-order valence-electron chi connectivity index (χ2n) is 6.02. The van der Waals surface area contributed by atoms with Crippen molar-refractivity contribution in [3.8, 4) is 11.5 Å². The maximum absolute atomic E-state index is 11.6. The van der Waals surface area contributed by atoms with Crippen molar-refractivity contribution < 1.29 is 19.3 Å². The van der Waals surface area contributed by atoms with Crippen LogP contribution in [0.5, 0.6) is 11.5 Å². The van der Waals surface area contributed by atoms with Gasteiger partial charge < -0.3 is 19.3 Å². The van der Waals surface area contributed by atoms with Gasteiger partial charge in [0, 0.05) is 6.61 Å². The van der Waals surface area contributed by atoms with Crippen molar-refractivity contribution in [2.24, 2.45) is 0 Å². The first-order chi connectivity index (χ1) is 11.6. The molecule has 0 saturated heterocycles. The third kappa shape index (κ3) is 2.76. The highest BCUT2D eigenvalue weighted by molar-refractivity contribution is 5.55. The van der Waals surface area contributed by atoms with Gasteiger partial charge in [-0.15, -0.1) is 0 Å². The molecule has 1 unspecified atom stereocenters. The van der Waals surface area contributed by atoms with Crippen molar-refractivity contribution in [3.63, 3.8) is 0 Å². The quantitative estimate of drug-likeness (QED) is 0.916. The van der Waals surface area contributed by atoms with Gasteiger partial charge in [0.2, 0.25) is 0 Å². The minimum Gasteiger partial charge on any atom is -0.493 e. The first-order valence-corrected chi connectivity index (χ1v) is 8.28. The summed E-state index contributed by atoms with van der Waals surface area (Å²) in [6.07, 6.45) is 1.70. The fourth-order valence-electron chi connectivity index (χ4n) is 3.47. The Morgan fingerprint density at radius 2 is 1.62 bits per heavy atom. The van der Waals surface area contributed by atoms with Gasteiger partial charge >= 0.3 is 0 Å². The van der Waals surface area contributed by atoms with Crippen molar-refractivity contribution in [1.82, 2.24) is 0 Å². The summed E-state index contributed by atoms with van der Waals surface area (Å²) >= 11 is 0. The number of methoxy groups -OCH3 is 2. The largest absolute Gasteiger partial charge is 0.493 e. The Morgan fingerprint density at radius 1 is 0.958 bits per heavy atom. The summed E-state index contributed by atoms with van der Waals surface area (Å²) in [6, 6.07) is 11.9. The minimum absolute atomic E-state index is 0.211. The van der Waals surface area contributed by atoms with Gasteiger partial charge in [0.05, 0.1) is 20.8 Å². The van der Waals surface area contributed by atoms with Crippen LogP contribution < -0.4 is 9.47 Å². The molecule has 0 aromatic heterocycles. The molecule has 3 rings (SSSR count). The molecule has 1 atom stereocenters. The van der Waals surface area contributed by atoms with Crippen LogP contribution in [0.4, 0.5) is 0 Å². The Labute approximate surface area is 143 Å². The molecule has 0 heterocycles. The van der Waals surface area contributed by atoms with E-state index in [1.807, 2.05) is 37.3 Å². The maximum Gasteiger partial charge on any atom is 0.161 e. The van der Waals surface area contributed by atoms with Crippen molar-refractivity contribution in [3.05, 3.63) is 58.7 Å². The molecule has 1 aliphatic rings. The monoisotopic (exact) mass is 328 g/mol. The van der Waals surface area contributed by atoms with E-state index < -0.39 is 5.60 Å². The number of fused-ring (bicyclic) bond motifs is 2. The molecule has 0 spiro atoms. The predicted octanol–water partition coefficient (Wildman–Crippen LogP) is 3.07. The number of benzene rings is 2. The van der Waals surface area contributed by atoms with E-state index in [-0.39, 0.29) is 6.61 Å². The number of hydrogen-bond donors (Lipinski definition) is 1. The maximum atomic E-state index is 11.6. The highest BCUT2D eigenvalue weighted by atomic mass is 16.5. The Kier molecular flexibility index (Phi) is 4.78. The molecular weight excluding hydrogens is 304 g/mol. The molecule has 1 N–H and O–H groups in total. The molecule has 128 valence electrons. The Balaban J connectivity index is 2.22. The summed E-state index contributed by atoms with van der Waals surface area (Å²) < 4.78 is 16.5. The summed E-state index contributed by atoms with van der Waals surface area (Å²) in [5.74, 6) is 1.30. The van der Waals surface area contributed by atoms with Crippen molar-refractivity contribution in [2.45, 2.75) is 25.4 Å². The van der Waals surface area contributed by atoms with E-state index in [9.17, 15) is 5.11 Å². The van der Waals surface area contributed by atoms with Crippen LogP contribution in [0.25, 0.3) is 0 Å². The molecule has 1 aliphatic carbocycles. The summed E-state index contributed by atoms with van der Waals surface area (Å²) in [5.41, 5.74) is 2.75. The zero-order valence-corrected chi connectivity index (χ0v) is 14.5. The lowest BCUT2D eigenvalue weighted by Gasteiger charge is -2.31. The molecule has 0 radical (unpaired) electrons. The molecule has 0 aliphatic heterocycles. The molecular formula is C20H24O4. The van der Waals surface area contributed by atoms with Crippen molar-refractivity contribution in [2.75, 3.05) is 27.4 Å². The van der Waals surface area contributed by atoms with Gasteiger partial charge in [-0.1, -0.05) is 24.3 Å². The SMILES string of the molecule is CCOCC1(O)c2ccccc2CCc2cc(OC)c(OC)cc21. The summed E-state index contributed by atoms with van der Waals surface area (Å²) in [5, 5.41) is 11.6. The first kappa shape index (κ1) is 16.8. The lowest BCUT2D eigenvalue weighted by molar-refractivity contribution is -0.0188. The number of hydrogen-bond acceptors (Lipinski definition) is 4. The van der Waals surface area contributed by atoms with Crippen LogP contribution in [0, 0.1) is 0 Å². The first-order valence-electron chi connectivity index (χ1n) is 8.28. The molecule has 4 nitrogen and oxygen atoms in total. The van der Waals surface area contributed by atoms with Crippen LogP contribution in [-0.4, -0.2) is 32.5 Å². The van der Waals surface area contributed by atoms with Gasteiger partial charge in [-0.3, -0.25) is 0 Å². The molecule has 2 aromatic rings. The van der Waals surface area contributed by atoms with Crippen LogP contribution in [-0.2, 0) is 23.2 Å². The van der Waals surface area contributed by atoms with Crippen molar-refractivity contribution in [1.29, 1.82) is 0 Å². The number of ether oxygens (including phenoxy) is 3. The normalized spacial score (nSPS) is 19.2. The Bertz CT molecular complexity index is 726. The van der Waals surface area contributed by atoms with Gasteiger partial charge in [0.25, 0.3) is 0 Å². The fourth-order valence-corrected chi connectivity index (χ4v) is 3.47. The second-order valence-corrected chi connectivity index (χ2v) is 6.02. The lowest BCUT2D eigenvalue weighted by atomic mass is 9.84. The summed E-state index contributed by atoms with van der Waals surface area (Å²) in [6.45, 7) is 2.69. The fraction of sp³-hybridized carbons (Fsp3) is 0.400. The highest BCUT2D eigenvalue weighted by Gasteiger charge is 2.38. The molecule has 24 heavy (non-hydrogen) atoms. The van der Waals surface area contributed by atoms with E-state index in [1.54, 1.807) is 14.2 Å². The minimum atomic E-state index is -1.20. The van der Waals surface area contributed by atoms with Gasteiger partial charge in [-0.2, -0.15) is 0 Å². The molecule has 0 fully saturated rings. The zero-order valence-electron chi connectivity index (χ0n) is 14.5. The molecule has 0 saturated carbocycles. The molecule has 2 aromatic carbocycles. The topological polar surface area (TPSA) is 47.9 Å². The van der Waals surface area contributed by atoms with E-state index in [4.69, 9.17) is 14.2 Å². The lowest BCUT2D eigenvalue weighted by Crippen LogP contribution is -2.34. The number of rotatable bonds is 5. The highest BCUT2D eigenvalue weighted by Crippen LogP contribution is 2.42. The van der Waals surface area contributed by atoms with E-state index in [1.165, 1.54) is 0 Å². The summed E-state index contributed by atoms with van der Waals surface area (Å²) in [4.78, 5) is 0. The van der Waals surface area contributed by atoms with Crippen LogP contribution in [0.15, 0.2) is 36.4 Å². The predicted molar refractivity (Wildman–Crippen MR) is 92.9 cm³/mol. The smallest absolute Gasteiger partial charge is 0.161 e. The van der Waals surface area contributed by atoms with E-state index in [0.717, 1.165) is 35.1 Å². The van der Waals surface area contributed by atoms with Crippen LogP contribution in [0.2, 0.25) is 0 Å². The molecule has 4 heteroatoms. The average Bonchev–Trinajstić information content (AvgIpc) is 2.74. The number of aryl methyl sites for hydroxylation is 2. The molecule has 0 bridgehead atoms. The van der Waals surface area contributed by atoms with Gasteiger partial charge in [0.15, 0.2) is 11.5 Å². The standard InChI is InChI=1S/C20H24O4/c1-4-24-13-20(21)16-8-6-5-7-14(16)9-10-15-11-18(22-2)19(23-3)12-17(15)20/h5-8,11-12,21H,4,9-10,13H2,1-3H3. The zero-order chi connectivity index (χ0) is 17.2. The summed E-state index contributed by atoms with van der Waals surface area (Å²) in [7, 11) is 3.23. The Hall–Kier alpha value is -2.04. The van der Waals surface area contributed by atoms with Crippen LogP contribution in [0.1, 0.15) is 29.2 Å². The van der Waals surface area contributed by atoms with Crippen molar-refractivity contribution >= 4 is 0 Å². The van der Waals surface area contributed by atoms with Gasteiger partial charge in [-0.25, -0.2) is 0 Å². The van der Waals surface area contributed by atoms with Crippen LogP contribution >= 0.6 is 0 Å². The van der Waals surface area contributed by atoms with Gasteiger partial charge in [-0.05, 0) is 54.2 Å². The van der Waals surface area contributed by atoms with E-state index in [2.05, 4.69) is 6.07 Å². The average molecular weight is 328 g/mol. The van der Waals surface area contributed by atoms with E-state index >= 15 is 0 Å². The molecule has 0 amide bonds.